The van der Waals surface area contributed by atoms with Gasteiger partial charge in [0.1, 0.15) is 6.10 Å². The first kappa shape index (κ1) is 29.8. The van der Waals surface area contributed by atoms with Crippen molar-refractivity contribution in [2.75, 3.05) is 26.7 Å². The number of carbonyl (C=O) groups is 1. The summed E-state index contributed by atoms with van der Waals surface area (Å²) in [7, 11) is 1.61. The highest BCUT2D eigenvalue weighted by Gasteiger charge is 2.73. The van der Waals surface area contributed by atoms with Crippen LogP contribution in [0.15, 0.2) is 55.1 Å². The third kappa shape index (κ3) is 4.58. The Morgan fingerprint density at radius 1 is 1.28 bits per heavy atom. The number of methoxy groups -OCH3 is 1. The van der Waals surface area contributed by atoms with E-state index in [1.54, 1.807) is 13.2 Å². The fourth-order valence-electron chi connectivity index (χ4n) is 8.32. The molecule has 5 atom stereocenters. The van der Waals surface area contributed by atoms with Crippen LogP contribution in [0, 0.1) is 5.92 Å². The minimum absolute atomic E-state index is 0.117. The smallest absolute Gasteiger partial charge is 0.416 e. The third-order valence-corrected chi connectivity index (χ3v) is 9.99. The molecule has 2 aliphatic carbocycles. The first-order valence-corrected chi connectivity index (χ1v) is 15.0. The molecule has 4 aliphatic rings. The maximum absolute atomic E-state index is 13.9. The molecule has 0 unspecified atom stereocenters. The minimum Gasteiger partial charge on any atom is -0.493 e. The Bertz CT molecular complexity index is 1460. The zero-order chi connectivity index (χ0) is 30.7. The van der Waals surface area contributed by atoms with Crippen LogP contribution in [0.1, 0.15) is 55.4 Å². The van der Waals surface area contributed by atoms with Gasteiger partial charge in [-0.2, -0.15) is 13.2 Å². The average Bonchev–Trinajstić information content (AvgIpc) is 3.31. The number of amides is 1. The quantitative estimate of drug-likeness (QED) is 0.317. The molecule has 43 heavy (non-hydrogen) atoms. The summed E-state index contributed by atoms with van der Waals surface area (Å²) in [5, 5.41) is 12.7. The lowest BCUT2D eigenvalue weighted by Crippen LogP contribution is -2.78. The maximum atomic E-state index is 13.9. The number of hydrogen-bond donors (Lipinski definition) is 1. The number of aliphatic hydroxyl groups is 1. The van der Waals surface area contributed by atoms with Gasteiger partial charge in [0.25, 0.3) is 0 Å². The van der Waals surface area contributed by atoms with Crippen LogP contribution in [-0.4, -0.2) is 71.3 Å². The average molecular weight is 597 g/mol. The van der Waals surface area contributed by atoms with E-state index in [9.17, 15) is 23.1 Å². The van der Waals surface area contributed by atoms with Crippen molar-refractivity contribution in [3.05, 3.63) is 77.4 Å². The van der Waals surface area contributed by atoms with Gasteiger partial charge in [-0.05, 0) is 73.5 Å². The number of benzene rings is 2. The Labute approximate surface area is 250 Å². The molecule has 2 aliphatic heterocycles. The highest BCUT2D eigenvalue weighted by molar-refractivity contribution is 5.92. The zero-order valence-corrected chi connectivity index (χ0v) is 24.9. The molecule has 0 radical (unpaired) electrons. The van der Waals surface area contributed by atoms with Gasteiger partial charge in [-0.3, -0.25) is 9.69 Å². The van der Waals surface area contributed by atoms with Gasteiger partial charge in [-0.25, -0.2) is 0 Å². The maximum Gasteiger partial charge on any atom is 0.416 e. The molecule has 0 aromatic heterocycles. The van der Waals surface area contributed by atoms with Crippen LogP contribution in [0.4, 0.5) is 13.2 Å². The van der Waals surface area contributed by atoms with Gasteiger partial charge in [0, 0.05) is 30.8 Å². The Kier molecular flexibility index (Phi) is 7.40. The second kappa shape index (κ2) is 10.7. The van der Waals surface area contributed by atoms with E-state index in [1.165, 1.54) is 18.2 Å². The zero-order valence-electron chi connectivity index (χ0n) is 24.9. The van der Waals surface area contributed by atoms with Gasteiger partial charge in [-0.1, -0.05) is 38.1 Å². The van der Waals surface area contributed by atoms with Crippen molar-refractivity contribution in [2.24, 2.45) is 5.92 Å². The van der Waals surface area contributed by atoms with Crippen LogP contribution < -0.4 is 9.47 Å². The number of carbonyl (C=O) groups excluding carboxylic acids is 1. The molecule has 6 nitrogen and oxygen atoms in total. The predicted octanol–water partition coefficient (Wildman–Crippen LogP) is 5.62. The van der Waals surface area contributed by atoms with E-state index in [0.29, 0.717) is 55.8 Å². The molecule has 2 aromatic carbocycles. The lowest BCUT2D eigenvalue weighted by Gasteiger charge is -2.64. The summed E-state index contributed by atoms with van der Waals surface area (Å²) in [6.45, 7) is 9.88. The molecule has 2 fully saturated rings. The second-order valence-electron chi connectivity index (χ2n) is 12.8. The number of halogens is 3. The molecule has 1 saturated heterocycles. The molecule has 2 heterocycles. The van der Waals surface area contributed by atoms with E-state index in [1.807, 2.05) is 30.9 Å². The number of hydrogen-bond acceptors (Lipinski definition) is 5. The van der Waals surface area contributed by atoms with Crippen molar-refractivity contribution in [1.29, 1.82) is 0 Å². The number of alkyl halides is 3. The SMILES string of the molecule is C=CCN1CC[C@]23c4c5ccc(OC)c4O[C@H]2[C@H](N(CC(C)C)C(=O)C=Cc2cccc(C(F)(F)F)c2)CC[C@@]3(O)[C@H]1C5. The van der Waals surface area contributed by atoms with Gasteiger partial charge < -0.3 is 19.5 Å². The van der Waals surface area contributed by atoms with E-state index in [2.05, 4.69) is 17.5 Å². The highest BCUT2D eigenvalue weighted by Crippen LogP contribution is 2.66. The van der Waals surface area contributed by atoms with Gasteiger partial charge in [0.2, 0.25) is 5.91 Å². The van der Waals surface area contributed by atoms with Crippen LogP contribution in [0.25, 0.3) is 6.08 Å². The monoisotopic (exact) mass is 596 g/mol. The normalized spacial score (nSPS) is 29.3. The predicted molar refractivity (Wildman–Crippen MR) is 158 cm³/mol. The van der Waals surface area contributed by atoms with Crippen LogP contribution in [0.3, 0.4) is 0 Å². The standard InChI is InChI=1S/C34H39F3N2O4/c1-5-16-38-17-15-32-29-23-10-11-26(42-4)30(29)43-31(32)25(13-14-33(32,41)27(38)19-23)39(20-21(2)3)28(40)12-9-22-7-6-8-24(18-22)34(35,36)37/h5-12,18,21,25,27,31,41H,1,13-17,19-20H2,2-4H3/t25-,27-,31+,32+,33-/m1/s1. The van der Waals surface area contributed by atoms with Gasteiger partial charge in [0.05, 0.1) is 29.7 Å². The van der Waals surface area contributed by atoms with Crippen molar-refractivity contribution < 1.29 is 32.5 Å². The summed E-state index contributed by atoms with van der Waals surface area (Å²) >= 11 is 0. The van der Waals surface area contributed by atoms with Crippen LogP contribution >= 0.6 is 0 Å². The number of piperidine rings is 1. The van der Waals surface area contributed by atoms with Crippen molar-refractivity contribution >= 4 is 12.0 Å². The summed E-state index contributed by atoms with van der Waals surface area (Å²) in [4.78, 5) is 18.0. The van der Waals surface area contributed by atoms with E-state index in [4.69, 9.17) is 9.47 Å². The number of ether oxygens (including phenoxy) is 2. The minimum atomic E-state index is -4.47. The molecule has 1 spiro atoms. The van der Waals surface area contributed by atoms with Crippen LogP contribution in [0.2, 0.25) is 0 Å². The lowest BCUT2D eigenvalue weighted by atomic mass is 9.48. The third-order valence-electron chi connectivity index (χ3n) is 9.99. The van der Waals surface area contributed by atoms with E-state index >= 15 is 0 Å². The Hall–Kier alpha value is -3.30. The van der Waals surface area contributed by atoms with Crippen molar-refractivity contribution in [2.45, 2.75) is 74.9 Å². The first-order chi connectivity index (χ1) is 20.4. The number of likely N-dealkylation sites (tertiary alicyclic amines) is 1. The molecule has 1 saturated carbocycles. The highest BCUT2D eigenvalue weighted by atomic mass is 19.4. The van der Waals surface area contributed by atoms with Crippen molar-refractivity contribution in [3.63, 3.8) is 0 Å². The molecule has 2 bridgehead atoms. The molecule has 1 amide bonds. The Morgan fingerprint density at radius 2 is 2.07 bits per heavy atom. The summed E-state index contributed by atoms with van der Waals surface area (Å²) in [5.74, 6) is 1.11. The fourth-order valence-corrected chi connectivity index (χ4v) is 8.32. The first-order valence-electron chi connectivity index (χ1n) is 15.0. The van der Waals surface area contributed by atoms with E-state index < -0.39 is 28.9 Å². The van der Waals surface area contributed by atoms with Gasteiger partial charge in [-0.15, -0.1) is 6.58 Å². The van der Waals surface area contributed by atoms with Crippen molar-refractivity contribution in [1.82, 2.24) is 9.80 Å². The van der Waals surface area contributed by atoms with Crippen LogP contribution in [-0.2, 0) is 22.8 Å². The molecule has 230 valence electrons. The molecule has 6 rings (SSSR count). The molecular formula is C34H39F3N2O4. The van der Waals surface area contributed by atoms with Crippen molar-refractivity contribution in [3.8, 4) is 11.5 Å². The second-order valence-corrected chi connectivity index (χ2v) is 12.8. The Morgan fingerprint density at radius 3 is 2.77 bits per heavy atom. The number of rotatable bonds is 8. The van der Waals surface area contributed by atoms with E-state index in [-0.39, 0.29) is 23.9 Å². The van der Waals surface area contributed by atoms with Gasteiger partial charge in [0.15, 0.2) is 11.5 Å². The summed E-state index contributed by atoms with van der Waals surface area (Å²) in [5.41, 5.74) is -0.115. The lowest BCUT2D eigenvalue weighted by molar-refractivity contribution is -0.199. The largest absolute Gasteiger partial charge is 0.493 e. The Balaban J connectivity index is 1.40. The summed E-state index contributed by atoms with van der Waals surface area (Å²) in [6, 6.07) is 8.48. The van der Waals surface area contributed by atoms with Gasteiger partial charge >= 0.3 is 6.18 Å². The van der Waals surface area contributed by atoms with E-state index in [0.717, 1.165) is 29.8 Å². The topological polar surface area (TPSA) is 62.2 Å². The molecule has 9 heteroatoms. The number of nitrogens with zero attached hydrogens (tertiary/aromatic N) is 2. The summed E-state index contributed by atoms with van der Waals surface area (Å²) < 4.78 is 52.4. The molecule has 2 aromatic rings. The summed E-state index contributed by atoms with van der Waals surface area (Å²) in [6.07, 6.45) is 2.08. The molecular weight excluding hydrogens is 557 g/mol. The fraction of sp³-hybridized carbons (Fsp3) is 0.500. The van der Waals surface area contributed by atoms with Crippen LogP contribution in [0.5, 0.6) is 11.5 Å². The molecule has 1 N–H and O–H groups in total.